The average Bonchev–Trinajstić information content (AvgIpc) is 2.67. The van der Waals surface area contributed by atoms with Crippen molar-refractivity contribution in [1.29, 1.82) is 0 Å². The van der Waals surface area contributed by atoms with E-state index < -0.39 is 0 Å². The predicted molar refractivity (Wildman–Crippen MR) is 79.2 cm³/mol. The maximum Gasteiger partial charge on any atom is 0.128 e. The molecule has 1 atom stereocenters. The van der Waals surface area contributed by atoms with Gasteiger partial charge in [-0.1, -0.05) is 19.1 Å². The van der Waals surface area contributed by atoms with Crippen LogP contribution in [-0.4, -0.2) is 16.3 Å². The number of likely N-dealkylation sites (N-methyl/N-ethyl adjacent to an activating group) is 1. The van der Waals surface area contributed by atoms with Gasteiger partial charge in [0.2, 0.25) is 0 Å². The SMILES string of the molecule is CCNC(Cc1cc(C)nn1C)c1ccc(C)cc1F. The fourth-order valence-electron chi connectivity index (χ4n) is 2.52. The Morgan fingerprint density at radius 1 is 1.30 bits per heavy atom. The molecule has 0 radical (unpaired) electrons. The van der Waals surface area contributed by atoms with E-state index in [1.807, 2.05) is 44.6 Å². The first-order chi connectivity index (χ1) is 9.51. The molecule has 1 unspecified atom stereocenters. The van der Waals surface area contributed by atoms with Gasteiger partial charge in [-0.05, 0) is 38.1 Å². The van der Waals surface area contributed by atoms with Crippen molar-refractivity contribution in [3.8, 4) is 0 Å². The van der Waals surface area contributed by atoms with E-state index in [0.29, 0.717) is 0 Å². The molecule has 0 saturated carbocycles. The Morgan fingerprint density at radius 3 is 2.60 bits per heavy atom. The quantitative estimate of drug-likeness (QED) is 0.909. The van der Waals surface area contributed by atoms with Gasteiger partial charge < -0.3 is 5.32 Å². The van der Waals surface area contributed by atoms with Crippen LogP contribution in [0.3, 0.4) is 0 Å². The summed E-state index contributed by atoms with van der Waals surface area (Å²) in [6.07, 6.45) is 0.727. The minimum absolute atomic E-state index is 0.0320. The average molecular weight is 275 g/mol. The Kier molecular flexibility index (Phi) is 4.55. The van der Waals surface area contributed by atoms with E-state index in [-0.39, 0.29) is 11.9 Å². The van der Waals surface area contributed by atoms with Gasteiger partial charge in [-0.15, -0.1) is 0 Å². The van der Waals surface area contributed by atoms with Gasteiger partial charge in [0.1, 0.15) is 5.82 Å². The number of nitrogens with zero attached hydrogens (tertiary/aromatic N) is 2. The second-order valence-electron chi connectivity index (χ2n) is 5.24. The van der Waals surface area contributed by atoms with E-state index in [9.17, 15) is 4.39 Å². The zero-order chi connectivity index (χ0) is 14.7. The molecule has 1 aromatic heterocycles. The number of hydrogen-bond donors (Lipinski definition) is 1. The molecular weight excluding hydrogens is 253 g/mol. The lowest BCUT2D eigenvalue weighted by molar-refractivity contribution is 0.496. The molecule has 1 heterocycles. The van der Waals surface area contributed by atoms with E-state index >= 15 is 0 Å². The smallest absolute Gasteiger partial charge is 0.128 e. The van der Waals surface area contributed by atoms with Gasteiger partial charge in [0.15, 0.2) is 0 Å². The van der Waals surface area contributed by atoms with Crippen LogP contribution in [-0.2, 0) is 13.5 Å². The highest BCUT2D eigenvalue weighted by molar-refractivity contribution is 5.27. The zero-order valence-corrected chi connectivity index (χ0v) is 12.6. The van der Waals surface area contributed by atoms with Crippen molar-refractivity contribution >= 4 is 0 Å². The van der Waals surface area contributed by atoms with E-state index in [1.54, 1.807) is 6.07 Å². The lowest BCUT2D eigenvalue weighted by Gasteiger charge is -2.19. The van der Waals surface area contributed by atoms with Gasteiger partial charge in [0.05, 0.1) is 5.69 Å². The predicted octanol–water partition coefficient (Wildman–Crippen LogP) is 3.07. The number of hydrogen-bond acceptors (Lipinski definition) is 2. The second kappa shape index (κ2) is 6.18. The van der Waals surface area contributed by atoms with Gasteiger partial charge in [-0.2, -0.15) is 5.10 Å². The summed E-state index contributed by atoms with van der Waals surface area (Å²) in [5.41, 5.74) is 3.75. The standard InChI is InChI=1S/C16H22FN3/c1-5-18-16(10-13-9-12(3)19-20(13)4)14-7-6-11(2)8-15(14)17/h6-9,16,18H,5,10H2,1-4H3. The van der Waals surface area contributed by atoms with Crippen molar-refractivity contribution in [3.63, 3.8) is 0 Å². The summed E-state index contributed by atoms with van der Waals surface area (Å²) in [4.78, 5) is 0. The molecule has 2 rings (SSSR count). The molecule has 0 fully saturated rings. The number of benzene rings is 1. The lowest BCUT2D eigenvalue weighted by Crippen LogP contribution is -2.24. The molecule has 0 saturated heterocycles. The van der Waals surface area contributed by atoms with Crippen LogP contribution in [0.25, 0.3) is 0 Å². The monoisotopic (exact) mass is 275 g/mol. The topological polar surface area (TPSA) is 29.9 Å². The Balaban J connectivity index is 2.29. The van der Waals surface area contributed by atoms with E-state index in [4.69, 9.17) is 0 Å². The van der Waals surface area contributed by atoms with Crippen LogP contribution >= 0.6 is 0 Å². The summed E-state index contributed by atoms with van der Waals surface area (Å²) >= 11 is 0. The van der Waals surface area contributed by atoms with Crippen LogP contribution in [0.15, 0.2) is 24.3 Å². The fraction of sp³-hybridized carbons (Fsp3) is 0.438. The number of rotatable bonds is 5. The van der Waals surface area contributed by atoms with Crippen molar-refractivity contribution < 1.29 is 4.39 Å². The van der Waals surface area contributed by atoms with E-state index in [0.717, 1.165) is 35.5 Å². The van der Waals surface area contributed by atoms with Crippen molar-refractivity contribution in [2.45, 2.75) is 33.2 Å². The van der Waals surface area contributed by atoms with Crippen LogP contribution in [0.2, 0.25) is 0 Å². The minimum atomic E-state index is -0.144. The first-order valence-electron chi connectivity index (χ1n) is 7.00. The second-order valence-corrected chi connectivity index (χ2v) is 5.24. The maximum atomic E-state index is 14.2. The van der Waals surface area contributed by atoms with Crippen molar-refractivity contribution in [1.82, 2.24) is 15.1 Å². The summed E-state index contributed by atoms with van der Waals surface area (Å²) < 4.78 is 16.0. The lowest BCUT2D eigenvalue weighted by atomic mass is 9.99. The third-order valence-corrected chi connectivity index (χ3v) is 3.49. The van der Waals surface area contributed by atoms with E-state index in [1.165, 1.54) is 0 Å². The van der Waals surface area contributed by atoms with Crippen LogP contribution < -0.4 is 5.32 Å². The Morgan fingerprint density at radius 2 is 2.05 bits per heavy atom. The molecule has 1 N–H and O–H groups in total. The van der Waals surface area contributed by atoms with Crippen LogP contribution in [0.1, 0.15) is 35.5 Å². The van der Waals surface area contributed by atoms with Gasteiger partial charge in [-0.3, -0.25) is 4.68 Å². The molecule has 2 aromatic rings. The largest absolute Gasteiger partial charge is 0.310 e. The molecule has 0 amide bonds. The summed E-state index contributed by atoms with van der Waals surface area (Å²) in [5, 5.41) is 7.71. The molecule has 1 aromatic carbocycles. The summed E-state index contributed by atoms with van der Waals surface area (Å²) in [6.45, 7) is 6.71. The Bertz CT molecular complexity index is 589. The first-order valence-corrected chi connectivity index (χ1v) is 7.00. The summed E-state index contributed by atoms with van der Waals surface area (Å²) in [7, 11) is 1.93. The number of halogens is 1. The van der Waals surface area contributed by atoms with Gasteiger partial charge >= 0.3 is 0 Å². The number of aromatic nitrogens is 2. The first kappa shape index (κ1) is 14.7. The van der Waals surface area contributed by atoms with Gasteiger partial charge in [0.25, 0.3) is 0 Å². The molecule has 0 spiro atoms. The number of nitrogens with one attached hydrogen (secondary N) is 1. The highest BCUT2D eigenvalue weighted by Gasteiger charge is 2.17. The molecule has 3 nitrogen and oxygen atoms in total. The normalized spacial score (nSPS) is 12.7. The van der Waals surface area contributed by atoms with E-state index in [2.05, 4.69) is 16.5 Å². The molecule has 108 valence electrons. The molecular formula is C16H22FN3. The van der Waals surface area contributed by atoms with Crippen LogP contribution in [0.4, 0.5) is 4.39 Å². The van der Waals surface area contributed by atoms with Crippen LogP contribution in [0.5, 0.6) is 0 Å². The fourth-order valence-corrected chi connectivity index (χ4v) is 2.52. The van der Waals surface area contributed by atoms with Crippen molar-refractivity contribution in [2.75, 3.05) is 6.54 Å². The Hall–Kier alpha value is -1.68. The molecule has 0 aliphatic rings. The molecule has 4 heteroatoms. The molecule has 0 bridgehead atoms. The third-order valence-electron chi connectivity index (χ3n) is 3.49. The Labute approximate surface area is 119 Å². The molecule has 0 aliphatic carbocycles. The maximum absolute atomic E-state index is 14.2. The molecule has 20 heavy (non-hydrogen) atoms. The highest BCUT2D eigenvalue weighted by atomic mass is 19.1. The van der Waals surface area contributed by atoms with Crippen molar-refractivity contribution in [2.24, 2.45) is 7.05 Å². The van der Waals surface area contributed by atoms with Crippen molar-refractivity contribution in [3.05, 3.63) is 52.6 Å². The highest BCUT2D eigenvalue weighted by Crippen LogP contribution is 2.22. The third kappa shape index (κ3) is 3.25. The molecule has 0 aliphatic heterocycles. The minimum Gasteiger partial charge on any atom is -0.310 e. The summed E-state index contributed by atoms with van der Waals surface area (Å²) in [5.74, 6) is -0.144. The zero-order valence-electron chi connectivity index (χ0n) is 12.6. The van der Waals surface area contributed by atoms with Gasteiger partial charge in [-0.25, -0.2) is 4.39 Å². The number of aryl methyl sites for hydroxylation is 3. The van der Waals surface area contributed by atoms with Crippen LogP contribution in [0, 0.1) is 19.7 Å². The summed E-state index contributed by atoms with van der Waals surface area (Å²) in [6, 6.07) is 7.44. The van der Waals surface area contributed by atoms with Gasteiger partial charge in [0, 0.05) is 30.8 Å².